The standard InChI is InChI=1S/C19H18N2O4S/c1-11-4-6-13(7-5-11)17(22)20-19-21(12(2)18(23)24)15-9-8-14(25-3)10-16(15)26-19/h4-10,12H,1-3H3,(H,23,24). The van der Waals surface area contributed by atoms with Crippen LogP contribution in [0.3, 0.4) is 0 Å². The van der Waals surface area contributed by atoms with Gasteiger partial charge in [-0.2, -0.15) is 4.99 Å². The van der Waals surface area contributed by atoms with Crippen LogP contribution in [0.5, 0.6) is 5.75 Å². The number of thiazole rings is 1. The lowest BCUT2D eigenvalue weighted by molar-refractivity contribution is -0.140. The molecule has 7 heteroatoms. The molecule has 0 aliphatic rings. The van der Waals surface area contributed by atoms with Crippen LogP contribution in [0, 0.1) is 6.92 Å². The second-order valence-corrected chi connectivity index (χ2v) is 6.89. The predicted octanol–water partition coefficient (Wildman–Crippen LogP) is 3.41. The summed E-state index contributed by atoms with van der Waals surface area (Å²) in [6, 6.07) is 11.6. The number of aromatic nitrogens is 1. The molecule has 26 heavy (non-hydrogen) atoms. The Labute approximate surface area is 154 Å². The Kier molecular flexibility index (Phi) is 4.90. The van der Waals surface area contributed by atoms with Crippen LogP contribution in [-0.2, 0) is 4.79 Å². The zero-order valence-corrected chi connectivity index (χ0v) is 15.4. The van der Waals surface area contributed by atoms with Gasteiger partial charge in [-0.1, -0.05) is 29.0 Å². The van der Waals surface area contributed by atoms with E-state index in [1.54, 1.807) is 48.9 Å². The third-order valence-corrected chi connectivity index (χ3v) is 5.09. The number of aliphatic carboxylic acids is 1. The molecule has 6 nitrogen and oxygen atoms in total. The number of carbonyl (C=O) groups excluding carboxylic acids is 1. The fourth-order valence-corrected chi connectivity index (χ4v) is 3.69. The van der Waals surface area contributed by atoms with Gasteiger partial charge in [0, 0.05) is 5.56 Å². The van der Waals surface area contributed by atoms with E-state index in [9.17, 15) is 14.7 Å². The van der Waals surface area contributed by atoms with Gasteiger partial charge in [-0.25, -0.2) is 4.79 Å². The zero-order chi connectivity index (χ0) is 18.8. The van der Waals surface area contributed by atoms with Gasteiger partial charge in [-0.15, -0.1) is 0 Å². The molecule has 0 saturated heterocycles. The van der Waals surface area contributed by atoms with Crippen molar-refractivity contribution < 1.29 is 19.4 Å². The molecule has 1 aromatic heterocycles. The number of aryl methyl sites for hydroxylation is 1. The van der Waals surface area contributed by atoms with E-state index in [0.717, 1.165) is 10.3 Å². The number of methoxy groups -OCH3 is 1. The highest BCUT2D eigenvalue weighted by molar-refractivity contribution is 7.16. The van der Waals surface area contributed by atoms with E-state index < -0.39 is 17.9 Å². The van der Waals surface area contributed by atoms with Crippen molar-refractivity contribution in [3.63, 3.8) is 0 Å². The third kappa shape index (κ3) is 3.39. The van der Waals surface area contributed by atoms with Crippen molar-refractivity contribution in [2.45, 2.75) is 19.9 Å². The number of benzene rings is 2. The molecule has 0 radical (unpaired) electrons. The Balaban J connectivity index is 2.19. The maximum Gasteiger partial charge on any atom is 0.326 e. The second kappa shape index (κ2) is 7.13. The van der Waals surface area contributed by atoms with Crippen LogP contribution < -0.4 is 9.54 Å². The number of carboxylic acids is 1. The van der Waals surface area contributed by atoms with E-state index in [2.05, 4.69) is 4.99 Å². The van der Waals surface area contributed by atoms with Crippen molar-refractivity contribution in [2.75, 3.05) is 7.11 Å². The number of hydrogen-bond acceptors (Lipinski definition) is 4. The van der Waals surface area contributed by atoms with Gasteiger partial charge < -0.3 is 14.4 Å². The van der Waals surface area contributed by atoms with E-state index in [1.807, 2.05) is 19.1 Å². The first-order valence-corrected chi connectivity index (χ1v) is 8.80. The zero-order valence-electron chi connectivity index (χ0n) is 14.6. The van der Waals surface area contributed by atoms with E-state index in [4.69, 9.17) is 4.74 Å². The number of carboxylic acid groups (broad SMARTS) is 1. The molecule has 1 amide bonds. The molecule has 1 heterocycles. The lowest BCUT2D eigenvalue weighted by atomic mass is 10.1. The van der Waals surface area contributed by atoms with Crippen molar-refractivity contribution in [3.05, 3.63) is 58.4 Å². The molecular weight excluding hydrogens is 352 g/mol. The van der Waals surface area contributed by atoms with Crippen LogP contribution in [0.15, 0.2) is 47.5 Å². The van der Waals surface area contributed by atoms with Gasteiger partial charge in [-0.05, 0) is 44.2 Å². The van der Waals surface area contributed by atoms with E-state index >= 15 is 0 Å². The Hall–Kier alpha value is -2.93. The topological polar surface area (TPSA) is 80.9 Å². The van der Waals surface area contributed by atoms with Crippen molar-refractivity contribution in [2.24, 2.45) is 4.99 Å². The molecular formula is C19H18N2O4S. The van der Waals surface area contributed by atoms with E-state index in [0.29, 0.717) is 21.6 Å². The van der Waals surface area contributed by atoms with Gasteiger partial charge in [0.05, 0.1) is 17.3 Å². The summed E-state index contributed by atoms with van der Waals surface area (Å²) >= 11 is 1.26. The lowest BCUT2D eigenvalue weighted by Crippen LogP contribution is -2.25. The van der Waals surface area contributed by atoms with Crippen LogP contribution in [0.1, 0.15) is 28.9 Å². The van der Waals surface area contributed by atoms with Crippen molar-refractivity contribution in [1.82, 2.24) is 4.57 Å². The van der Waals surface area contributed by atoms with Crippen molar-refractivity contribution in [3.8, 4) is 5.75 Å². The number of ether oxygens (including phenoxy) is 1. The highest BCUT2D eigenvalue weighted by Gasteiger charge is 2.19. The average molecular weight is 370 g/mol. The van der Waals surface area contributed by atoms with E-state index in [-0.39, 0.29) is 0 Å². The summed E-state index contributed by atoms with van der Waals surface area (Å²) in [5.74, 6) is -0.745. The first kappa shape index (κ1) is 17.9. The molecule has 0 aliphatic carbocycles. The molecule has 1 N–H and O–H groups in total. The Morgan fingerprint density at radius 1 is 1.19 bits per heavy atom. The van der Waals surface area contributed by atoms with E-state index in [1.165, 1.54) is 11.3 Å². The van der Waals surface area contributed by atoms with Gasteiger partial charge in [0.25, 0.3) is 5.91 Å². The SMILES string of the molecule is COc1ccc2c(c1)sc(=NC(=O)c1ccc(C)cc1)n2C(C)C(=O)O. The van der Waals surface area contributed by atoms with Gasteiger partial charge in [0.15, 0.2) is 4.80 Å². The number of rotatable bonds is 4. The molecule has 1 unspecified atom stereocenters. The molecule has 134 valence electrons. The molecule has 0 aliphatic heterocycles. The quantitative estimate of drug-likeness (QED) is 0.763. The second-order valence-electron chi connectivity index (χ2n) is 5.89. The molecule has 3 aromatic rings. The Bertz CT molecular complexity index is 1050. The van der Waals surface area contributed by atoms with Crippen LogP contribution >= 0.6 is 11.3 Å². The molecule has 2 aromatic carbocycles. The molecule has 1 atom stereocenters. The molecule has 0 fully saturated rings. The predicted molar refractivity (Wildman–Crippen MR) is 99.8 cm³/mol. The van der Waals surface area contributed by atoms with Gasteiger partial charge in [-0.3, -0.25) is 4.79 Å². The minimum absolute atomic E-state index is 0.341. The smallest absolute Gasteiger partial charge is 0.326 e. The minimum atomic E-state index is -0.996. The van der Waals surface area contributed by atoms with Crippen LogP contribution in [0.2, 0.25) is 0 Å². The largest absolute Gasteiger partial charge is 0.497 e. The summed E-state index contributed by atoms with van der Waals surface area (Å²) in [4.78, 5) is 28.6. The summed E-state index contributed by atoms with van der Waals surface area (Å²) in [6.07, 6.45) is 0. The lowest BCUT2D eigenvalue weighted by Gasteiger charge is -2.10. The van der Waals surface area contributed by atoms with Gasteiger partial charge in [0.2, 0.25) is 0 Å². The summed E-state index contributed by atoms with van der Waals surface area (Å²) < 4.78 is 7.59. The Morgan fingerprint density at radius 3 is 2.50 bits per heavy atom. The van der Waals surface area contributed by atoms with Crippen LogP contribution in [0.25, 0.3) is 10.2 Å². The highest BCUT2D eigenvalue weighted by Crippen LogP contribution is 2.25. The van der Waals surface area contributed by atoms with Gasteiger partial charge in [0.1, 0.15) is 11.8 Å². The summed E-state index contributed by atoms with van der Waals surface area (Å²) in [6.45, 7) is 3.50. The maximum atomic E-state index is 12.5. The Morgan fingerprint density at radius 2 is 1.88 bits per heavy atom. The molecule has 0 bridgehead atoms. The minimum Gasteiger partial charge on any atom is -0.497 e. The van der Waals surface area contributed by atoms with Crippen LogP contribution in [0.4, 0.5) is 0 Å². The van der Waals surface area contributed by atoms with Crippen molar-refractivity contribution >= 4 is 33.4 Å². The third-order valence-electron chi connectivity index (χ3n) is 4.07. The number of carbonyl (C=O) groups is 2. The highest BCUT2D eigenvalue weighted by atomic mass is 32.1. The van der Waals surface area contributed by atoms with Gasteiger partial charge >= 0.3 is 5.97 Å². The summed E-state index contributed by atoms with van der Waals surface area (Å²) in [7, 11) is 1.56. The van der Waals surface area contributed by atoms with Crippen LogP contribution in [-0.4, -0.2) is 28.7 Å². The summed E-state index contributed by atoms with van der Waals surface area (Å²) in [5.41, 5.74) is 2.20. The number of hydrogen-bond donors (Lipinski definition) is 1. The molecule has 3 rings (SSSR count). The monoisotopic (exact) mass is 370 g/mol. The fraction of sp³-hybridized carbons (Fsp3) is 0.211. The maximum absolute atomic E-state index is 12.5. The number of amides is 1. The normalized spacial score (nSPS) is 13.0. The average Bonchev–Trinajstić information content (AvgIpc) is 2.97. The summed E-state index contributed by atoms with van der Waals surface area (Å²) in [5, 5.41) is 9.45. The van der Waals surface area contributed by atoms with Crippen molar-refractivity contribution in [1.29, 1.82) is 0 Å². The molecule has 0 saturated carbocycles. The first-order chi connectivity index (χ1) is 12.4. The fourth-order valence-electron chi connectivity index (χ4n) is 2.56. The number of fused-ring (bicyclic) bond motifs is 1. The molecule has 0 spiro atoms. The number of nitrogens with zero attached hydrogens (tertiary/aromatic N) is 2. The first-order valence-electron chi connectivity index (χ1n) is 7.98.